The maximum absolute atomic E-state index is 5.58. The molecule has 0 radical (unpaired) electrons. The molecule has 0 unspecified atom stereocenters. The summed E-state index contributed by atoms with van der Waals surface area (Å²) in [6.45, 7) is 2.65. The number of benzene rings is 1. The van der Waals surface area contributed by atoms with Gasteiger partial charge in [0.2, 0.25) is 0 Å². The Labute approximate surface area is 132 Å². The van der Waals surface area contributed by atoms with Gasteiger partial charge in [0, 0.05) is 41.5 Å². The maximum atomic E-state index is 5.58. The number of fused-ring (bicyclic) bond motifs is 2. The number of ether oxygens (including phenoxy) is 1. The quantitative estimate of drug-likeness (QED) is 0.793. The predicted octanol–water partition coefficient (Wildman–Crippen LogP) is 3.44. The zero-order valence-electron chi connectivity index (χ0n) is 11.6. The molecule has 0 atom stereocenters. The molecule has 21 heavy (non-hydrogen) atoms. The van der Waals surface area contributed by atoms with Crippen molar-refractivity contribution in [3.8, 4) is 0 Å². The van der Waals surface area contributed by atoms with Gasteiger partial charge in [0.1, 0.15) is 12.1 Å². The highest BCUT2D eigenvalue weighted by Crippen LogP contribution is 2.49. The van der Waals surface area contributed by atoms with Crippen molar-refractivity contribution in [2.24, 2.45) is 0 Å². The summed E-state index contributed by atoms with van der Waals surface area (Å²) in [5.74, 6) is 0.965. The van der Waals surface area contributed by atoms with Crippen molar-refractivity contribution in [1.82, 2.24) is 9.97 Å². The molecule has 1 aromatic carbocycles. The standard InChI is InChI=1S/C16H16BrN3O/c17-12-1-2-13-14(9-12)20(15-3-6-18-11-19-15)10-16(13)4-7-21-8-5-16/h1-3,6,9,11H,4-5,7-8,10H2. The lowest BCUT2D eigenvalue weighted by atomic mass is 9.76. The molecule has 3 heterocycles. The molecule has 0 bridgehead atoms. The van der Waals surface area contributed by atoms with Gasteiger partial charge in [-0.05, 0) is 36.6 Å². The van der Waals surface area contributed by atoms with Crippen molar-refractivity contribution in [3.63, 3.8) is 0 Å². The van der Waals surface area contributed by atoms with Gasteiger partial charge in [-0.15, -0.1) is 0 Å². The molecule has 2 aliphatic rings. The van der Waals surface area contributed by atoms with Crippen molar-refractivity contribution in [3.05, 3.63) is 46.8 Å². The van der Waals surface area contributed by atoms with Crippen LogP contribution in [-0.2, 0) is 10.2 Å². The average Bonchev–Trinajstić information content (AvgIpc) is 2.83. The summed E-state index contributed by atoms with van der Waals surface area (Å²) >= 11 is 3.59. The lowest BCUT2D eigenvalue weighted by molar-refractivity contribution is 0.0558. The molecule has 0 amide bonds. The molecule has 0 aliphatic carbocycles. The Hall–Kier alpha value is -1.46. The second kappa shape index (κ2) is 5.07. The Bertz CT molecular complexity index is 656. The van der Waals surface area contributed by atoms with E-state index in [9.17, 15) is 0 Å². The number of anilines is 2. The van der Waals surface area contributed by atoms with Crippen LogP contribution in [0.5, 0.6) is 0 Å². The molecule has 1 aromatic heterocycles. The van der Waals surface area contributed by atoms with Gasteiger partial charge in [-0.3, -0.25) is 0 Å². The van der Waals surface area contributed by atoms with Crippen molar-refractivity contribution >= 4 is 27.4 Å². The lowest BCUT2D eigenvalue weighted by Gasteiger charge is -2.34. The first-order valence-electron chi connectivity index (χ1n) is 7.20. The summed E-state index contributed by atoms with van der Waals surface area (Å²) in [5, 5.41) is 0. The number of rotatable bonds is 1. The maximum Gasteiger partial charge on any atom is 0.136 e. The first-order valence-corrected chi connectivity index (χ1v) is 7.99. The van der Waals surface area contributed by atoms with E-state index < -0.39 is 0 Å². The Kier molecular flexibility index (Phi) is 3.19. The first kappa shape index (κ1) is 13.2. The van der Waals surface area contributed by atoms with Crippen LogP contribution in [0.15, 0.2) is 41.3 Å². The number of nitrogens with zero attached hydrogens (tertiary/aromatic N) is 3. The van der Waals surface area contributed by atoms with Crippen LogP contribution in [0.25, 0.3) is 0 Å². The van der Waals surface area contributed by atoms with Crippen LogP contribution in [0, 0.1) is 0 Å². The molecule has 5 heteroatoms. The van der Waals surface area contributed by atoms with Gasteiger partial charge >= 0.3 is 0 Å². The van der Waals surface area contributed by atoms with E-state index in [-0.39, 0.29) is 5.41 Å². The third kappa shape index (κ3) is 2.15. The molecular weight excluding hydrogens is 330 g/mol. The monoisotopic (exact) mass is 345 g/mol. The van der Waals surface area contributed by atoms with E-state index in [1.165, 1.54) is 11.3 Å². The topological polar surface area (TPSA) is 38.2 Å². The highest BCUT2D eigenvalue weighted by atomic mass is 79.9. The summed E-state index contributed by atoms with van der Waals surface area (Å²) in [5.41, 5.74) is 2.87. The van der Waals surface area contributed by atoms with E-state index in [1.54, 1.807) is 12.5 Å². The molecule has 1 spiro atoms. The zero-order valence-corrected chi connectivity index (χ0v) is 13.2. The summed E-state index contributed by atoms with van der Waals surface area (Å²) in [4.78, 5) is 10.8. The molecular formula is C16H16BrN3O. The largest absolute Gasteiger partial charge is 0.381 e. The Morgan fingerprint density at radius 2 is 2.05 bits per heavy atom. The third-order valence-electron chi connectivity index (χ3n) is 4.58. The van der Waals surface area contributed by atoms with E-state index in [0.717, 1.165) is 42.9 Å². The highest BCUT2D eigenvalue weighted by molar-refractivity contribution is 9.10. The normalized spacial score (nSPS) is 19.8. The lowest BCUT2D eigenvalue weighted by Crippen LogP contribution is -2.37. The van der Waals surface area contributed by atoms with Crippen molar-refractivity contribution < 1.29 is 4.74 Å². The molecule has 0 N–H and O–H groups in total. The van der Waals surface area contributed by atoms with Gasteiger partial charge < -0.3 is 9.64 Å². The van der Waals surface area contributed by atoms with E-state index in [1.807, 2.05) is 6.07 Å². The van der Waals surface area contributed by atoms with E-state index in [0.29, 0.717) is 0 Å². The zero-order chi connectivity index (χ0) is 14.3. The molecule has 2 aromatic rings. The van der Waals surface area contributed by atoms with E-state index >= 15 is 0 Å². The second-order valence-corrected chi connectivity index (χ2v) is 6.62. The Morgan fingerprint density at radius 1 is 1.19 bits per heavy atom. The molecule has 4 rings (SSSR count). The van der Waals surface area contributed by atoms with Crippen LogP contribution in [-0.4, -0.2) is 29.7 Å². The van der Waals surface area contributed by atoms with Crippen molar-refractivity contribution in [1.29, 1.82) is 0 Å². The first-order chi connectivity index (χ1) is 10.3. The minimum atomic E-state index is 0.194. The van der Waals surface area contributed by atoms with Gasteiger partial charge in [-0.25, -0.2) is 9.97 Å². The minimum Gasteiger partial charge on any atom is -0.381 e. The Morgan fingerprint density at radius 3 is 2.81 bits per heavy atom. The average molecular weight is 346 g/mol. The van der Waals surface area contributed by atoms with E-state index in [2.05, 4.69) is 49.0 Å². The third-order valence-corrected chi connectivity index (χ3v) is 5.07. The van der Waals surface area contributed by atoms with Gasteiger partial charge in [0.15, 0.2) is 0 Å². The molecule has 1 fully saturated rings. The SMILES string of the molecule is Brc1ccc2c(c1)N(c1ccncn1)CC21CCOCC1. The predicted molar refractivity (Wildman–Crippen MR) is 84.9 cm³/mol. The number of hydrogen-bond acceptors (Lipinski definition) is 4. The van der Waals surface area contributed by atoms with Crippen LogP contribution in [0.3, 0.4) is 0 Å². The van der Waals surface area contributed by atoms with Crippen LogP contribution < -0.4 is 4.90 Å². The fourth-order valence-corrected chi connectivity index (χ4v) is 3.84. The van der Waals surface area contributed by atoms with Gasteiger partial charge in [0.25, 0.3) is 0 Å². The smallest absolute Gasteiger partial charge is 0.136 e. The second-order valence-electron chi connectivity index (χ2n) is 5.71. The molecule has 108 valence electrons. The molecule has 1 saturated heterocycles. The molecule has 0 saturated carbocycles. The van der Waals surface area contributed by atoms with Crippen molar-refractivity contribution in [2.45, 2.75) is 18.3 Å². The van der Waals surface area contributed by atoms with Crippen LogP contribution in [0.2, 0.25) is 0 Å². The number of halogens is 1. The Balaban J connectivity index is 1.83. The van der Waals surface area contributed by atoms with E-state index in [4.69, 9.17) is 4.74 Å². The van der Waals surface area contributed by atoms with Crippen LogP contribution in [0.4, 0.5) is 11.5 Å². The van der Waals surface area contributed by atoms with Crippen molar-refractivity contribution in [2.75, 3.05) is 24.7 Å². The number of aromatic nitrogens is 2. The van der Waals surface area contributed by atoms with Crippen LogP contribution in [0.1, 0.15) is 18.4 Å². The molecule has 2 aliphatic heterocycles. The summed E-state index contributed by atoms with van der Waals surface area (Å²) in [6, 6.07) is 8.57. The summed E-state index contributed by atoms with van der Waals surface area (Å²) in [7, 11) is 0. The molecule has 4 nitrogen and oxygen atoms in total. The fourth-order valence-electron chi connectivity index (χ4n) is 3.49. The van der Waals surface area contributed by atoms with Gasteiger partial charge in [-0.1, -0.05) is 22.0 Å². The minimum absolute atomic E-state index is 0.194. The number of hydrogen-bond donors (Lipinski definition) is 0. The van der Waals surface area contributed by atoms with Gasteiger partial charge in [-0.2, -0.15) is 0 Å². The van der Waals surface area contributed by atoms with Gasteiger partial charge in [0.05, 0.1) is 0 Å². The van der Waals surface area contributed by atoms with Crippen LogP contribution >= 0.6 is 15.9 Å². The highest BCUT2D eigenvalue weighted by Gasteiger charge is 2.44. The summed E-state index contributed by atoms with van der Waals surface area (Å²) < 4.78 is 6.68. The fraction of sp³-hybridized carbons (Fsp3) is 0.375. The summed E-state index contributed by atoms with van der Waals surface area (Å²) in [6.07, 6.45) is 5.56.